The third-order valence-electron chi connectivity index (χ3n) is 10.9. The molecule has 0 N–H and O–H groups in total. The van der Waals surface area contributed by atoms with Crippen LogP contribution in [0.5, 0.6) is 5.75 Å². The number of furan rings is 1. The molecule has 4 aromatic carbocycles. The highest BCUT2D eigenvalue weighted by Gasteiger charge is 2.38. The Bertz CT molecular complexity index is 2810. The van der Waals surface area contributed by atoms with E-state index in [0.29, 0.717) is 16.7 Å². The Morgan fingerprint density at radius 2 is 1.73 bits per heavy atom. The van der Waals surface area contributed by atoms with Gasteiger partial charge in [-0.25, -0.2) is 0 Å². The molecule has 3 atom stereocenters. The fourth-order valence-electron chi connectivity index (χ4n) is 8.58. The van der Waals surface area contributed by atoms with Crippen LogP contribution in [0.2, 0.25) is 0 Å². The van der Waals surface area contributed by atoms with Crippen molar-refractivity contribution < 1.29 is 9.15 Å². The number of fused-ring (bicyclic) bond motifs is 10. The summed E-state index contributed by atoms with van der Waals surface area (Å²) in [4.78, 5) is 0. The minimum Gasteiger partial charge on any atom is -0.481 e. The van der Waals surface area contributed by atoms with Gasteiger partial charge < -0.3 is 13.7 Å². The van der Waals surface area contributed by atoms with E-state index < -0.39 is 0 Å². The van der Waals surface area contributed by atoms with Crippen molar-refractivity contribution in [2.75, 3.05) is 0 Å². The van der Waals surface area contributed by atoms with E-state index in [4.69, 9.17) is 9.15 Å². The van der Waals surface area contributed by atoms with Crippen molar-refractivity contribution in [1.29, 1.82) is 15.8 Å². The summed E-state index contributed by atoms with van der Waals surface area (Å²) in [6.07, 6.45) is 17.5. The Morgan fingerprint density at radius 1 is 0.804 bits per heavy atom. The molecule has 4 aliphatic rings. The third kappa shape index (κ3) is 4.26. The van der Waals surface area contributed by atoms with Crippen LogP contribution in [-0.4, -0.2) is 10.7 Å². The Labute approximate surface area is 294 Å². The molecule has 0 amide bonds. The number of allylic oxidation sites excluding steroid dienone is 7. The van der Waals surface area contributed by atoms with E-state index in [1.807, 2.05) is 60.7 Å². The van der Waals surface area contributed by atoms with Gasteiger partial charge in [0, 0.05) is 50.5 Å². The largest absolute Gasteiger partial charge is 0.481 e. The molecule has 3 unspecified atom stereocenters. The Balaban J connectivity index is 1.08. The molecule has 6 aromatic rings. The van der Waals surface area contributed by atoms with E-state index in [-0.39, 0.29) is 17.9 Å². The molecule has 240 valence electrons. The van der Waals surface area contributed by atoms with Gasteiger partial charge in [-0.05, 0) is 90.6 Å². The maximum absolute atomic E-state index is 10.5. The zero-order chi connectivity index (χ0) is 34.2. The average Bonchev–Trinajstić information content (AvgIpc) is 3.86. The summed E-state index contributed by atoms with van der Waals surface area (Å²) in [6, 6.07) is 31.0. The molecule has 0 spiro atoms. The fourth-order valence-corrected chi connectivity index (χ4v) is 8.58. The van der Waals surface area contributed by atoms with E-state index in [2.05, 4.69) is 77.4 Å². The van der Waals surface area contributed by atoms with Crippen LogP contribution in [0.25, 0.3) is 55.7 Å². The van der Waals surface area contributed by atoms with Crippen LogP contribution in [-0.2, 0) is 6.42 Å². The highest BCUT2D eigenvalue weighted by Crippen LogP contribution is 2.50. The number of aromatic nitrogens is 1. The van der Waals surface area contributed by atoms with Crippen molar-refractivity contribution in [1.82, 2.24) is 4.57 Å². The lowest BCUT2D eigenvalue weighted by Gasteiger charge is -2.30. The smallest absolute Gasteiger partial charge is 0.177 e. The van der Waals surface area contributed by atoms with Gasteiger partial charge in [-0.2, -0.15) is 15.8 Å². The van der Waals surface area contributed by atoms with Gasteiger partial charge in [0.05, 0.1) is 34.4 Å². The third-order valence-corrected chi connectivity index (χ3v) is 10.9. The standard InChI is InChI=1S/C45H28N4O2/c46-23-26-12-17-40-36(20-26)33-9-3-4-11-39(33)49(40)43-30(25-48)7-5-10-32(43)28-14-19-42-38(22-28)35-16-15-34-37-21-27(31-8-2-1-6-29(31)24-47)13-18-41(37)50-44(34)45(35)51-42/h1-3,5-9,12-22,32,38,42H,4,10-11H2. The molecule has 10 rings (SSSR count). The molecule has 6 heteroatoms. The topological polar surface area (TPSA) is 98.7 Å². The van der Waals surface area contributed by atoms with Crippen molar-refractivity contribution in [2.45, 2.75) is 31.3 Å². The van der Waals surface area contributed by atoms with E-state index in [1.165, 1.54) is 5.69 Å². The van der Waals surface area contributed by atoms with E-state index in [9.17, 15) is 15.8 Å². The first kappa shape index (κ1) is 29.1. The lowest BCUT2D eigenvalue weighted by molar-refractivity contribution is 0.268. The van der Waals surface area contributed by atoms with Gasteiger partial charge in [-0.3, -0.25) is 0 Å². The van der Waals surface area contributed by atoms with Gasteiger partial charge in [-0.1, -0.05) is 60.7 Å². The molecule has 0 saturated heterocycles. The van der Waals surface area contributed by atoms with Crippen LogP contribution in [0.1, 0.15) is 46.7 Å². The van der Waals surface area contributed by atoms with Crippen LogP contribution in [0.15, 0.2) is 125 Å². The first-order chi connectivity index (χ1) is 25.1. The molecule has 3 aliphatic carbocycles. The van der Waals surface area contributed by atoms with E-state index >= 15 is 0 Å². The molecule has 0 bridgehead atoms. The summed E-state index contributed by atoms with van der Waals surface area (Å²) in [5, 5.41) is 32.9. The van der Waals surface area contributed by atoms with Gasteiger partial charge >= 0.3 is 0 Å². The second-order valence-corrected chi connectivity index (χ2v) is 13.5. The lowest BCUT2D eigenvalue weighted by atomic mass is 9.79. The van der Waals surface area contributed by atoms with Crippen LogP contribution in [0.3, 0.4) is 0 Å². The molecule has 51 heavy (non-hydrogen) atoms. The van der Waals surface area contributed by atoms with Crippen LogP contribution in [0, 0.1) is 39.9 Å². The predicted octanol–water partition coefficient (Wildman–Crippen LogP) is 10.3. The minimum absolute atomic E-state index is 0.00943. The monoisotopic (exact) mass is 656 g/mol. The van der Waals surface area contributed by atoms with Gasteiger partial charge in [0.25, 0.3) is 0 Å². The number of rotatable bonds is 3. The zero-order valence-corrected chi connectivity index (χ0v) is 27.4. The maximum atomic E-state index is 10.5. The second kappa shape index (κ2) is 11.1. The number of hydrogen-bond donors (Lipinski definition) is 0. The van der Waals surface area contributed by atoms with Gasteiger partial charge in [0.1, 0.15) is 17.8 Å². The summed E-state index contributed by atoms with van der Waals surface area (Å²) < 4.78 is 15.4. The summed E-state index contributed by atoms with van der Waals surface area (Å²) in [6.45, 7) is 0. The van der Waals surface area contributed by atoms with Crippen molar-refractivity contribution in [2.24, 2.45) is 5.92 Å². The summed E-state index contributed by atoms with van der Waals surface area (Å²) in [5.41, 5.74) is 11.8. The summed E-state index contributed by atoms with van der Waals surface area (Å²) in [5.74, 6) is 0.712. The molecular weight excluding hydrogens is 629 g/mol. The number of hydrogen-bond acceptors (Lipinski definition) is 5. The van der Waals surface area contributed by atoms with Crippen molar-refractivity contribution >= 4 is 44.6 Å². The highest BCUT2D eigenvalue weighted by atomic mass is 16.5. The molecule has 1 aliphatic heterocycles. The molecule has 3 heterocycles. The molecule has 6 nitrogen and oxygen atoms in total. The minimum atomic E-state index is -0.169. The Kier molecular flexibility index (Phi) is 6.35. The molecule has 0 radical (unpaired) electrons. The molecule has 0 saturated carbocycles. The predicted molar refractivity (Wildman–Crippen MR) is 198 cm³/mol. The van der Waals surface area contributed by atoms with Crippen molar-refractivity contribution in [3.63, 3.8) is 0 Å². The number of benzene rings is 4. The highest BCUT2D eigenvalue weighted by molar-refractivity contribution is 6.09. The lowest BCUT2D eigenvalue weighted by Crippen LogP contribution is -2.22. The van der Waals surface area contributed by atoms with Gasteiger partial charge in [0.15, 0.2) is 11.3 Å². The molecule has 2 aromatic heterocycles. The first-order valence-electron chi connectivity index (χ1n) is 17.3. The molecule has 0 fully saturated rings. The Hall–Kier alpha value is -6.81. The zero-order valence-electron chi connectivity index (χ0n) is 27.4. The fraction of sp³-hybridized carbons (Fsp3) is 0.133. The van der Waals surface area contributed by atoms with Crippen LogP contribution in [0.4, 0.5) is 0 Å². The summed E-state index contributed by atoms with van der Waals surface area (Å²) in [7, 11) is 0. The second-order valence-electron chi connectivity index (χ2n) is 13.5. The Morgan fingerprint density at radius 3 is 2.61 bits per heavy atom. The number of nitriles is 3. The number of nitrogens with zero attached hydrogens (tertiary/aromatic N) is 4. The van der Waals surface area contributed by atoms with E-state index in [1.54, 1.807) is 0 Å². The van der Waals surface area contributed by atoms with Crippen molar-refractivity contribution in [3.8, 4) is 35.1 Å². The normalized spacial score (nSPS) is 20.0. The van der Waals surface area contributed by atoms with Gasteiger partial charge in [-0.15, -0.1) is 0 Å². The van der Waals surface area contributed by atoms with Crippen LogP contribution >= 0.6 is 0 Å². The number of ether oxygens (including phenoxy) is 1. The van der Waals surface area contributed by atoms with Crippen LogP contribution < -0.4 is 4.74 Å². The quantitative estimate of drug-likeness (QED) is 0.189. The maximum Gasteiger partial charge on any atom is 0.177 e. The average molecular weight is 657 g/mol. The van der Waals surface area contributed by atoms with Crippen molar-refractivity contribution in [3.05, 3.63) is 148 Å². The van der Waals surface area contributed by atoms with Gasteiger partial charge in [0.2, 0.25) is 0 Å². The first-order valence-corrected chi connectivity index (χ1v) is 17.3. The molecular formula is C45H28N4O2. The van der Waals surface area contributed by atoms with E-state index in [0.717, 1.165) is 91.4 Å². The summed E-state index contributed by atoms with van der Waals surface area (Å²) >= 11 is 0. The SMILES string of the molecule is N#CC1=C(n2c3c(c4cc(C#N)ccc42)C=CCC3)C(C2=CC3c4ccc5c(oc6ccc(-c7ccccc7C#N)cc65)c4OC3C=C2)CC=C1.